The maximum absolute atomic E-state index is 11.9. The molecule has 1 amide bonds. The minimum atomic E-state index is -0.591. The molecule has 0 bridgehead atoms. The van der Waals surface area contributed by atoms with E-state index in [9.17, 15) is 4.79 Å². The third kappa shape index (κ3) is 3.40. The van der Waals surface area contributed by atoms with Crippen LogP contribution in [0.1, 0.15) is 35.7 Å². The summed E-state index contributed by atoms with van der Waals surface area (Å²) in [7, 11) is 1.56. The smallest absolute Gasteiger partial charge is 0.254 e. The molecule has 5 heteroatoms. The molecule has 25 heavy (non-hydrogen) atoms. The molecule has 0 aliphatic carbocycles. The van der Waals surface area contributed by atoms with E-state index in [2.05, 4.69) is 18.8 Å². The van der Waals surface area contributed by atoms with Gasteiger partial charge in [-0.05, 0) is 35.7 Å². The van der Waals surface area contributed by atoms with Gasteiger partial charge in [0.25, 0.3) is 5.91 Å². The second-order valence-electron chi connectivity index (χ2n) is 6.07. The van der Waals surface area contributed by atoms with Gasteiger partial charge in [-0.3, -0.25) is 4.79 Å². The summed E-state index contributed by atoms with van der Waals surface area (Å²) >= 11 is 0. The van der Waals surface area contributed by atoms with E-state index in [1.165, 1.54) is 0 Å². The van der Waals surface area contributed by atoms with E-state index in [1.54, 1.807) is 19.2 Å². The van der Waals surface area contributed by atoms with Gasteiger partial charge in [-0.15, -0.1) is 0 Å². The summed E-state index contributed by atoms with van der Waals surface area (Å²) in [5.41, 5.74) is 8.30. The lowest BCUT2D eigenvalue weighted by atomic mass is 10.0. The van der Waals surface area contributed by atoms with Gasteiger partial charge in [-0.2, -0.15) is 0 Å². The SMILES string of the molecule is COc1cccc2cc(C(N)=O)c(=Nc3cccc(C(C)C)c3)oc12. The molecule has 0 spiro atoms. The highest BCUT2D eigenvalue weighted by molar-refractivity contribution is 5.96. The number of rotatable bonds is 4. The fourth-order valence-corrected chi connectivity index (χ4v) is 2.62. The van der Waals surface area contributed by atoms with Crippen LogP contribution in [0.25, 0.3) is 11.0 Å². The summed E-state index contributed by atoms with van der Waals surface area (Å²) in [5, 5.41) is 0.725. The molecule has 0 atom stereocenters. The average Bonchev–Trinajstić information content (AvgIpc) is 2.60. The quantitative estimate of drug-likeness (QED) is 0.785. The van der Waals surface area contributed by atoms with E-state index in [0.717, 1.165) is 10.9 Å². The zero-order valence-corrected chi connectivity index (χ0v) is 14.4. The Morgan fingerprint density at radius 2 is 1.92 bits per heavy atom. The fourth-order valence-electron chi connectivity index (χ4n) is 2.62. The van der Waals surface area contributed by atoms with Crippen LogP contribution in [0.3, 0.4) is 0 Å². The van der Waals surface area contributed by atoms with Crippen LogP contribution in [-0.2, 0) is 0 Å². The molecule has 3 rings (SSSR count). The Morgan fingerprint density at radius 1 is 1.16 bits per heavy atom. The minimum Gasteiger partial charge on any atom is -0.493 e. The number of ether oxygens (including phenoxy) is 1. The van der Waals surface area contributed by atoms with Crippen LogP contribution in [0.4, 0.5) is 5.69 Å². The van der Waals surface area contributed by atoms with Crippen molar-refractivity contribution < 1.29 is 13.9 Å². The van der Waals surface area contributed by atoms with E-state index in [0.29, 0.717) is 22.9 Å². The standard InChI is InChI=1S/C20H20N2O3/c1-12(2)13-6-4-8-15(10-13)22-20-16(19(21)23)11-14-7-5-9-17(24-3)18(14)25-20/h4-12H,1-3H3,(H2,21,23). The van der Waals surface area contributed by atoms with E-state index in [4.69, 9.17) is 14.9 Å². The number of nitrogens with zero attached hydrogens (tertiary/aromatic N) is 1. The van der Waals surface area contributed by atoms with Crippen molar-refractivity contribution in [2.24, 2.45) is 10.7 Å². The lowest BCUT2D eigenvalue weighted by Crippen LogP contribution is -2.21. The van der Waals surface area contributed by atoms with Crippen LogP contribution in [-0.4, -0.2) is 13.0 Å². The van der Waals surface area contributed by atoms with Crippen LogP contribution in [0, 0.1) is 0 Å². The minimum absolute atomic E-state index is 0.172. The number of benzene rings is 2. The van der Waals surface area contributed by atoms with Gasteiger partial charge in [0, 0.05) is 5.39 Å². The molecule has 0 radical (unpaired) electrons. The maximum atomic E-state index is 11.9. The molecule has 1 aromatic heterocycles. The predicted molar refractivity (Wildman–Crippen MR) is 97.0 cm³/mol. The number of hydrogen-bond acceptors (Lipinski definition) is 4. The molecule has 0 unspecified atom stereocenters. The van der Waals surface area contributed by atoms with Crippen LogP contribution >= 0.6 is 0 Å². The number of primary amides is 1. The van der Waals surface area contributed by atoms with Crippen molar-refractivity contribution in [2.45, 2.75) is 19.8 Å². The van der Waals surface area contributed by atoms with E-state index in [1.807, 2.05) is 36.4 Å². The summed E-state index contributed by atoms with van der Waals surface area (Å²) in [6.07, 6.45) is 0. The lowest BCUT2D eigenvalue weighted by molar-refractivity contribution is 0.0996. The van der Waals surface area contributed by atoms with Gasteiger partial charge in [0.15, 0.2) is 11.3 Å². The van der Waals surface area contributed by atoms with Crippen molar-refractivity contribution in [1.29, 1.82) is 0 Å². The first kappa shape index (κ1) is 16.8. The first-order valence-electron chi connectivity index (χ1n) is 8.05. The Bertz CT molecular complexity index is 1000. The van der Waals surface area contributed by atoms with Crippen molar-refractivity contribution >= 4 is 22.6 Å². The largest absolute Gasteiger partial charge is 0.493 e. The predicted octanol–water partition coefficient (Wildman–Crippen LogP) is 3.90. The van der Waals surface area contributed by atoms with Crippen molar-refractivity contribution in [1.82, 2.24) is 0 Å². The normalized spacial score (nSPS) is 11.9. The average molecular weight is 336 g/mol. The molecule has 5 nitrogen and oxygen atoms in total. The number of nitrogens with two attached hydrogens (primary N) is 1. The van der Waals surface area contributed by atoms with Crippen LogP contribution in [0.15, 0.2) is 57.9 Å². The van der Waals surface area contributed by atoms with Crippen molar-refractivity contribution in [3.63, 3.8) is 0 Å². The molecule has 0 aliphatic heterocycles. The Balaban J connectivity index is 2.28. The van der Waals surface area contributed by atoms with Gasteiger partial charge in [0.1, 0.15) is 5.56 Å². The number of hydrogen-bond donors (Lipinski definition) is 1. The molecule has 0 saturated heterocycles. The Hall–Kier alpha value is -3.08. The molecule has 0 fully saturated rings. The number of carbonyl (C=O) groups excluding carboxylic acids is 1. The fraction of sp³-hybridized carbons (Fsp3) is 0.200. The molecule has 2 aromatic carbocycles. The van der Waals surface area contributed by atoms with Gasteiger partial charge >= 0.3 is 0 Å². The van der Waals surface area contributed by atoms with Crippen LogP contribution in [0.2, 0.25) is 0 Å². The monoisotopic (exact) mass is 336 g/mol. The molecule has 0 aliphatic rings. The van der Waals surface area contributed by atoms with Gasteiger partial charge in [0.05, 0.1) is 12.8 Å². The van der Waals surface area contributed by atoms with Crippen molar-refractivity contribution in [3.8, 4) is 5.75 Å². The number of carbonyl (C=O) groups is 1. The highest BCUT2D eigenvalue weighted by Crippen LogP contribution is 2.25. The van der Waals surface area contributed by atoms with Gasteiger partial charge in [-0.25, -0.2) is 4.99 Å². The second-order valence-corrected chi connectivity index (χ2v) is 6.07. The van der Waals surface area contributed by atoms with E-state index in [-0.39, 0.29) is 11.1 Å². The summed E-state index contributed by atoms with van der Waals surface area (Å²) in [5.74, 6) is 0.354. The van der Waals surface area contributed by atoms with Gasteiger partial charge in [0.2, 0.25) is 5.55 Å². The molecular formula is C20H20N2O3. The van der Waals surface area contributed by atoms with Crippen molar-refractivity contribution in [3.05, 3.63) is 65.2 Å². The Morgan fingerprint density at radius 3 is 2.60 bits per heavy atom. The topological polar surface area (TPSA) is 77.8 Å². The lowest BCUT2D eigenvalue weighted by Gasteiger charge is -2.07. The third-order valence-electron chi connectivity index (χ3n) is 3.99. The van der Waals surface area contributed by atoms with E-state index >= 15 is 0 Å². The second kappa shape index (κ2) is 6.81. The number of para-hydroxylation sites is 1. The first-order valence-corrected chi connectivity index (χ1v) is 8.05. The van der Waals surface area contributed by atoms with E-state index < -0.39 is 5.91 Å². The zero-order chi connectivity index (χ0) is 18.0. The maximum Gasteiger partial charge on any atom is 0.254 e. The summed E-state index contributed by atoms with van der Waals surface area (Å²) < 4.78 is 11.2. The van der Waals surface area contributed by atoms with Gasteiger partial charge < -0.3 is 14.9 Å². The molecule has 2 N–H and O–H groups in total. The highest BCUT2D eigenvalue weighted by atomic mass is 16.5. The number of fused-ring (bicyclic) bond motifs is 1. The molecular weight excluding hydrogens is 316 g/mol. The summed E-state index contributed by atoms with van der Waals surface area (Å²) in [4.78, 5) is 16.4. The van der Waals surface area contributed by atoms with Crippen LogP contribution < -0.4 is 16.0 Å². The van der Waals surface area contributed by atoms with Crippen LogP contribution in [0.5, 0.6) is 5.75 Å². The number of methoxy groups -OCH3 is 1. The summed E-state index contributed by atoms with van der Waals surface area (Å²) in [6.45, 7) is 4.22. The van der Waals surface area contributed by atoms with Crippen molar-refractivity contribution in [2.75, 3.05) is 7.11 Å². The molecule has 1 heterocycles. The molecule has 0 saturated carbocycles. The Kier molecular flexibility index (Phi) is 4.57. The zero-order valence-electron chi connectivity index (χ0n) is 14.4. The highest BCUT2D eigenvalue weighted by Gasteiger charge is 2.12. The van der Waals surface area contributed by atoms with Gasteiger partial charge in [-0.1, -0.05) is 38.1 Å². The molecule has 3 aromatic rings. The number of amides is 1. The summed E-state index contributed by atoms with van der Waals surface area (Å²) in [6, 6.07) is 14.9. The Labute approximate surface area is 145 Å². The first-order chi connectivity index (χ1) is 12.0. The molecule has 128 valence electrons. The third-order valence-corrected chi connectivity index (χ3v) is 3.99.